The van der Waals surface area contributed by atoms with Crippen molar-refractivity contribution in [2.75, 3.05) is 26.4 Å². The van der Waals surface area contributed by atoms with E-state index in [1.807, 2.05) is 6.92 Å². The van der Waals surface area contributed by atoms with Crippen LogP contribution in [0.1, 0.15) is 25.0 Å². The van der Waals surface area contributed by atoms with Gasteiger partial charge in [0.25, 0.3) is 0 Å². The Hall–Kier alpha value is -1.06. The lowest BCUT2D eigenvalue weighted by atomic mass is 10.1. The van der Waals surface area contributed by atoms with Gasteiger partial charge in [-0.2, -0.15) is 0 Å². The topological polar surface area (TPSA) is 30.5 Å². The maximum atomic E-state index is 5.51. The zero-order valence-electron chi connectivity index (χ0n) is 11.4. The molecule has 1 aliphatic heterocycles. The second-order valence-electron chi connectivity index (χ2n) is 4.81. The van der Waals surface area contributed by atoms with Gasteiger partial charge in [0.2, 0.25) is 0 Å². The van der Waals surface area contributed by atoms with Crippen molar-refractivity contribution in [3.8, 4) is 5.75 Å². The SMILES string of the molecule is CCOCC(C)NCCc1ccc2c(c1)CCO2. The number of hydrogen-bond acceptors (Lipinski definition) is 3. The third-order valence-corrected chi connectivity index (χ3v) is 3.23. The minimum Gasteiger partial charge on any atom is -0.493 e. The molecule has 0 saturated carbocycles. The van der Waals surface area contributed by atoms with E-state index in [4.69, 9.17) is 9.47 Å². The molecule has 0 spiro atoms. The molecule has 1 aromatic rings. The first-order valence-electron chi connectivity index (χ1n) is 6.85. The van der Waals surface area contributed by atoms with E-state index in [1.54, 1.807) is 0 Å². The number of benzene rings is 1. The van der Waals surface area contributed by atoms with Gasteiger partial charge in [-0.05, 0) is 44.0 Å². The van der Waals surface area contributed by atoms with E-state index >= 15 is 0 Å². The van der Waals surface area contributed by atoms with E-state index in [-0.39, 0.29) is 0 Å². The van der Waals surface area contributed by atoms with Crippen molar-refractivity contribution in [2.24, 2.45) is 0 Å². The summed E-state index contributed by atoms with van der Waals surface area (Å²) in [6, 6.07) is 6.96. The monoisotopic (exact) mass is 249 g/mol. The normalized spacial score (nSPS) is 15.2. The third kappa shape index (κ3) is 3.72. The summed E-state index contributed by atoms with van der Waals surface area (Å²) in [5.74, 6) is 1.07. The lowest BCUT2D eigenvalue weighted by molar-refractivity contribution is 0.127. The van der Waals surface area contributed by atoms with Crippen molar-refractivity contribution in [3.05, 3.63) is 29.3 Å². The first-order chi connectivity index (χ1) is 8.79. The molecule has 1 aromatic carbocycles. The van der Waals surface area contributed by atoms with Gasteiger partial charge in [-0.15, -0.1) is 0 Å². The zero-order valence-corrected chi connectivity index (χ0v) is 11.4. The maximum Gasteiger partial charge on any atom is 0.122 e. The Morgan fingerprint density at radius 2 is 2.33 bits per heavy atom. The van der Waals surface area contributed by atoms with Crippen LogP contribution in [0, 0.1) is 0 Å². The van der Waals surface area contributed by atoms with Crippen molar-refractivity contribution in [2.45, 2.75) is 32.7 Å². The molecular weight excluding hydrogens is 226 g/mol. The molecule has 18 heavy (non-hydrogen) atoms. The van der Waals surface area contributed by atoms with Crippen LogP contribution >= 0.6 is 0 Å². The largest absolute Gasteiger partial charge is 0.493 e. The Balaban J connectivity index is 1.73. The Morgan fingerprint density at radius 1 is 1.44 bits per heavy atom. The number of fused-ring (bicyclic) bond motifs is 1. The van der Waals surface area contributed by atoms with Crippen LogP contribution in [0.5, 0.6) is 5.75 Å². The molecule has 1 unspecified atom stereocenters. The van der Waals surface area contributed by atoms with Crippen LogP contribution in [0.25, 0.3) is 0 Å². The fourth-order valence-corrected chi connectivity index (χ4v) is 2.21. The summed E-state index contributed by atoms with van der Waals surface area (Å²) in [5.41, 5.74) is 2.74. The van der Waals surface area contributed by atoms with E-state index in [2.05, 4.69) is 30.4 Å². The predicted octanol–water partition coefficient (Wildman–Crippen LogP) is 2.18. The lowest BCUT2D eigenvalue weighted by Crippen LogP contribution is -2.32. The minimum absolute atomic E-state index is 0.419. The highest BCUT2D eigenvalue weighted by molar-refractivity contribution is 5.39. The molecule has 1 atom stereocenters. The molecule has 2 rings (SSSR count). The van der Waals surface area contributed by atoms with Crippen molar-refractivity contribution < 1.29 is 9.47 Å². The Bertz CT molecular complexity index is 379. The summed E-state index contributed by atoms with van der Waals surface area (Å²) < 4.78 is 10.9. The van der Waals surface area contributed by atoms with E-state index in [0.29, 0.717) is 6.04 Å². The highest BCUT2D eigenvalue weighted by Gasteiger charge is 2.11. The molecule has 0 aliphatic carbocycles. The molecule has 3 heteroatoms. The van der Waals surface area contributed by atoms with Crippen molar-refractivity contribution in [1.82, 2.24) is 5.32 Å². The van der Waals surface area contributed by atoms with Crippen LogP contribution in [-0.4, -0.2) is 32.4 Å². The number of hydrogen-bond donors (Lipinski definition) is 1. The fourth-order valence-electron chi connectivity index (χ4n) is 2.21. The van der Waals surface area contributed by atoms with E-state index < -0.39 is 0 Å². The Labute approximate surface area is 109 Å². The van der Waals surface area contributed by atoms with E-state index in [9.17, 15) is 0 Å². The highest BCUT2D eigenvalue weighted by Crippen LogP contribution is 2.25. The van der Waals surface area contributed by atoms with Gasteiger partial charge in [0.1, 0.15) is 5.75 Å². The average Bonchev–Trinajstić information content (AvgIpc) is 2.83. The smallest absolute Gasteiger partial charge is 0.122 e. The highest BCUT2D eigenvalue weighted by atomic mass is 16.5. The predicted molar refractivity (Wildman–Crippen MR) is 73.3 cm³/mol. The van der Waals surface area contributed by atoms with E-state index in [0.717, 1.165) is 45.0 Å². The van der Waals surface area contributed by atoms with Gasteiger partial charge >= 0.3 is 0 Å². The molecule has 0 fully saturated rings. The summed E-state index contributed by atoms with van der Waals surface area (Å²) in [7, 11) is 0. The molecule has 100 valence electrons. The van der Waals surface area contributed by atoms with Gasteiger partial charge in [0.15, 0.2) is 0 Å². The molecule has 0 aromatic heterocycles. The molecule has 0 saturated heterocycles. The third-order valence-electron chi connectivity index (χ3n) is 3.23. The molecular formula is C15H23NO2. The summed E-state index contributed by atoms with van der Waals surface area (Å²) in [6.07, 6.45) is 2.11. The molecule has 3 nitrogen and oxygen atoms in total. The van der Waals surface area contributed by atoms with Crippen LogP contribution in [-0.2, 0) is 17.6 Å². The maximum absolute atomic E-state index is 5.51. The van der Waals surface area contributed by atoms with Crippen LogP contribution in [0.4, 0.5) is 0 Å². The standard InChI is InChI=1S/C15H23NO2/c1-3-17-11-12(2)16-8-6-13-4-5-15-14(10-13)7-9-18-15/h4-5,10,12,16H,3,6-9,11H2,1-2H3. The lowest BCUT2D eigenvalue weighted by Gasteiger charge is -2.13. The quantitative estimate of drug-likeness (QED) is 0.803. The van der Waals surface area contributed by atoms with Gasteiger partial charge in [-0.3, -0.25) is 0 Å². The van der Waals surface area contributed by atoms with Crippen LogP contribution in [0.2, 0.25) is 0 Å². The number of nitrogens with one attached hydrogen (secondary N) is 1. The van der Waals surface area contributed by atoms with Crippen molar-refractivity contribution >= 4 is 0 Å². The average molecular weight is 249 g/mol. The first kappa shape index (κ1) is 13.4. The van der Waals surface area contributed by atoms with Gasteiger partial charge < -0.3 is 14.8 Å². The number of ether oxygens (including phenoxy) is 2. The zero-order chi connectivity index (χ0) is 12.8. The van der Waals surface area contributed by atoms with Crippen molar-refractivity contribution in [1.29, 1.82) is 0 Å². The molecule has 1 aliphatic rings. The molecule has 1 N–H and O–H groups in total. The summed E-state index contributed by atoms with van der Waals surface area (Å²) in [4.78, 5) is 0. The Morgan fingerprint density at radius 3 is 3.17 bits per heavy atom. The van der Waals surface area contributed by atoms with Crippen LogP contribution in [0.3, 0.4) is 0 Å². The molecule has 0 bridgehead atoms. The first-order valence-corrected chi connectivity index (χ1v) is 6.85. The second-order valence-corrected chi connectivity index (χ2v) is 4.81. The molecule has 1 heterocycles. The second kappa shape index (κ2) is 6.76. The molecule has 0 amide bonds. The Kier molecular flexibility index (Phi) is 5.02. The summed E-state index contributed by atoms with van der Waals surface area (Å²) in [6.45, 7) is 7.59. The summed E-state index contributed by atoms with van der Waals surface area (Å²) in [5, 5.41) is 3.48. The fraction of sp³-hybridized carbons (Fsp3) is 0.600. The van der Waals surface area contributed by atoms with Gasteiger partial charge in [0.05, 0.1) is 13.2 Å². The summed E-state index contributed by atoms with van der Waals surface area (Å²) >= 11 is 0. The molecule has 0 radical (unpaired) electrons. The van der Waals surface area contributed by atoms with E-state index in [1.165, 1.54) is 11.1 Å². The van der Waals surface area contributed by atoms with Crippen LogP contribution in [0.15, 0.2) is 18.2 Å². The number of rotatable bonds is 7. The van der Waals surface area contributed by atoms with Gasteiger partial charge in [-0.25, -0.2) is 0 Å². The van der Waals surface area contributed by atoms with Crippen LogP contribution < -0.4 is 10.1 Å². The van der Waals surface area contributed by atoms with Gasteiger partial charge in [-0.1, -0.05) is 12.1 Å². The van der Waals surface area contributed by atoms with Gasteiger partial charge in [0, 0.05) is 19.1 Å². The minimum atomic E-state index is 0.419. The van der Waals surface area contributed by atoms with Crippen molar-refractivity contribution in [3.63, 3.8) is 0 Å².